The van der Waals surface area contributed by atoms with Gasteiger partial charge in [-0.3, -0.25) is 0 Å². The summed E-state index contributed by atoms with van der Waals surface area (Å²) in [5.41, 5.74) is 2.41. The fourth-order valence-electron chi connectivity index (χ4n) is 2.20. The summed E-state index contributed by atoms with van der Waals surface area (Å²) in [7, 11) is 0. The van der Waals surface area contributed by atoms with Gasteiger partial charge < -0.3 is 4.57 Å². The predicted molar refractivity (Wildman–Crippen MR) is 87.1 cm³/mol. The fourth-order valence-corrected chi connectivity index (χ4v) is 3.16. The van der Waals surface area contributed by atoms with Crippen LogP contribution in [0.5, 0.6) is 0 Å². The van der Waals surface area contributed by atoms with E-state index in [1.807, 2.05) is 24.3 Å². The highest BCUT2D eigenvalue weighted by molar-refractivity contribution is 7.98. The van der Waals surface area contributed by atoms with Gasteiger partial charge in [0.2, 0.25) is 0 Å². The van der Waals surface area contributed by atoms with Crippen LogP contribution in [0.15, 0.2) is 65.8 Å². The summed E-state index contributed by atoms with van der Waals surface area (Å²) >= 11 is 1.73. The average Bonchev–Trinajstić information content (AvgIpc) is 2.97. The molecule has 3 aromatic rings. The zero-order chi connectivity index (χ0) is 14.5. The monoisotopic (exact) mass is 295 g/mol. The van der Waals surface area contributed by atoms with Gasteiger partial charge >= 0.3 is 0 Å². The van der Waals surface area contributed by atoms with Crippen molar-refractivity contribution in [2.75, 3.05) is 0 Å². The van der Waals surface area contributed by atoms with E-state index in [-0.39, 0.29) is 0 Å². The molecule has 3 rings (SSSR count). The maximum absolute atomic E-state index is 4.36. The normalized spacial score (nSPS) is 10.7. The first kappa shape index (κ1) is 13.9. The van der Waals surface area contributed by atoms with Crippen LogP contribution in [0.25, 0.3) is 11.4 Å². The van der Waals surface area contributed by atoms with Gasteiger partial charge in [-0.15, -0.1) is 10.2 Å². The van der Waals surface area contributed by atoms with Crippen LogP contribution >= 0.6 is 11.8 Å². The van der Waals surface area contributed by atoms with E-state index in [4.69, 9.17) is 0 Å². The Balaban J connectivity index is 1.82. The molecule has 3 nitrogen and oxygen atoms in total. The third-order valence-corrected chi connectivity index (χ3v) is 4.31. The number of rotatable bonds is 5. The van der Waals surface area contributed by atoms with Gasteiger partial charge in [0, 0.05) is 17.9 Å². The number of benzene rings is 2. The Morgan fingerprint density at radius 2 is 1.57 bits per heavy atom. The fraction of sp³-hybridized carbons (Fsp3) is 0.176. The quantitative estimate of drug-likeness (QED) is 0.659. The van der Waals surface area contributed by atoms with Crippen molar-refractivity contribution < 1.29 is 0 Å². The molecule has 0 aliphatic heterocycles. The van der Waals surface area contributed by atoms with E-state index in [9.17, 15) is 0 Å². The zero-order valence-corrected chi connectivity index (χ0v) is 12.8. The molecule has 1 aromatic heterocycles. The van der Waals surface area contributed by atoms with Gasteiger partial charge in [-0.1, -0.05) is 72.4 Å². The van der Waals surface area contributed by atoms with Crippen LogP contribution in [0.1, 0.15) is 12.5 Å². The van der Waals surface area contributed by atoms with Crippen molar-refractivity contribution in [3.05, 3.63) is 66.2 Å². The summed E-state index contributed by atoms with van der Waals surface area (Å²) in [6, 6.07) is 20.7. The van der Waals surface area contributed by atoms with Gasteiger partial charge in [-0.2, -0.15) is 0 Å². The number of thioether (sulfide) groups is 1. The van der Waals surface area contributed by atoms with Gasteiger partial charge in [0.1, 0.15) is 0 Å². The number of nitrogens with zero attached hydrogens (tertiary/aromatic N) is 3. The Hall–Kier alpha value is -2.07. The summed E-state index contributed by atoms with van der Waals surface area (Å²) in [4.78, 5) is 0. The highest BCUT2D eigenvalue weighted by Crippen LogP contribution is 2.26. The molecule has 0 aliphatic carbocycles. The third kappa shape index (κ3) is 3.16. The summed E-state index contributed by atoms with van der Waals surface area (Å²) in [6.07, 6.45) is 0. The van der Waals surface area contributed by atoms with E-state index in [1.165, 1.54) is 5.56 Å². The molecular weight excluding hydrogens is 278 g/mol. The maximum Gasteiger partial charge on any atom is 0.191 e. The topological polar surface area (TPSA) is 30.7 Å². The maximum atomic E-state index is 4.36. The minimum Gasteiger partial charge on any atom is -0.302 e. The van der Waals surface area contributed by atoms with Crippen molar-refractivity contribution in [1.82, 2.24) is 14.8 Å². The SMILES string of the molecule is CCn1c(SCc2ccccc2)nnc1-c1ccccc1. The Morgan fingerprint density at radius 3 is 2.24 bits per heavy atom. The third-order valence-electron chi connectivity index (χ3n) is 3.28. The second-order valence-electron chi connectivity index (χ2n) is 4.69. The second kappa shape index (κ2) is 6.59. The molecule has 4 heteroatoms. The van der Waals surface area contributed by atoms with Crippen LogP contribution < -0.4 is 0 Å². The molecule has 106 valence electrons. The van der Waals surface area contributed by atoms with Crippen LogP contribution in [0.3, 0.4) is 0 Å². The molecular formula is C17H17N3S. The molecule has 21 heavy (non-hydrogen) atoms. The largest absolute Gasteiger partial charge is 0.302 e. The van der Waals surface area contributed by atoms with E-state index in [2.05, 4.69) is 58.1 Å². The van der Waals surface area contributed by atoms with E-state index >= 15 is 0 Å². The predicted octanol–water partition coefficient (Wildman–Crippen LogP) is 4.26. The van der Waals surface area contributed by atoms with Crippen molar-refractivity contribution in [3.63, 3.8) is 0 Å². The number of hydrogen-bond acceptors (Lipinski definition) is 3. The molecule has 0 radical (unpaired) electrons. The average molecular weight is 295 g/mol. The van der Waals surface area contributed by atoms with Gasteiger partial charge in [0.25, 0.3) is 0 Å². The lowest BCUT2D eigenvalue weighted by Crippen LogP contribution is -1.99. The number of aromatic nitrogens is 3. The first-order valence-electron chi connectivity index (χ1n) is 7.04. The van der Waals surface area contributed by atoms with Crippen molar-refractivity contribution >= 4 is 11.8 Å². The molecule has 0 N–H and O–H groups in total. The first-order chi connectivity index (χ1) is 10.4. The molecule has 0 saturated heterocycles. The molecule has 0 unspecified atom stereocenters. The smallest absolute Gasteiger partial charge is 0.191 e. The molecule has 0 aliphatic rings. The Kier molecular flexibility index (Phi) is 4.36. The minimum atomic E-state index is 0.869. The molecule has 0 spiro atoms. The van der Waals surface area contributed by atoms with Crippen LogP contribution in [-0.4, -0.2) is 14.8 Å². The van der Waals surface area contributed by atoms with Gasteiger partial charge in [-0.05, 0) is 12.5 Å². The van der Waals surface area contributed by atoms with Crippen LogP contribution in [0.4, 0.5) is 0 Å². The van der Waals surface area contributed by atoms with Crippen molar-refractivity contribution in [2.24, 2.45) is 0 Å². The van der Waals surface area contributed by atoms with Crippen molar-refractivity contribution in [2.45, 2.75) is 24.4 Å². The lowest BCUT2D eigenvalue weighted by atomic mass is 10.2. The van der Waals surface area contributed by atoms with Crippen molar-refractivity contribution in [3.8, 4) is 11.4 Å². The van der Waals surface area contributed by atoms with Gasteiger partial charge in [-0.25, -0.2) is 0 Å². The van der Waals surface area contributed by atoms with E-state index in [0.717, 1.165) is 28.8 Å². The lowest BCUT2D eigenvalue weighted by Gasteiger charge is -2.07. The summed E-state index contributed by atoms with van der Waals surface area (Å²) in [5.74, 6) is 1.85. The first-order valence-corrected chi connectivity index (χ1v) is 8.02. The molecule has 0 amide bonds. The van der Waals surface area contributed by atoms with E-state index < -0.39 is 0 Å². The highest BCUT2D eigenvalue weighted by Gasteiger charge is 2.12. The summed E-state index contributed by atoms with van der Waals surface area (Å²) < 4.78 is 2.17. The van der Waals surface area contributed by atoms with E-state index in [1.54, 1.807) is 11.8 Å². The van der Waals surface area contributed by atoms with Crippen molar-refractivity contribution in [1.29, 1.82) is 0 Å². The summed E-state index contributed by atoms with van der Waals surface area (Å²) in [5, 5.41) is 9.69. The zero-order valence-electron chi connectivity index (χ0n) is 11.9. The van der Waals surface area contributed by atoms with Crippen LogP contribution in [-0.2, 0) is 12.3 Å². The van der Waals surface area contributed by atoms with E-state index in [0.29, 0.717) is 0 Å². The Labute approximate surface area is 129 Å². The minimum absolute atomic E-state index is 0.869. The number of hydrogen-bond donors (Lipinski definition) is 0. The van der Waals surface area contributed by atoms with Crippen LogP contribution in [0, 0.1) is 0 Å². The molecule has 0 bridgehead atoms. The molecule has 2 aromatic carbocycles. The summed E-state index contributed by atoms with van der Waals surface area (Å²) in [6.45, 7) is 3.00. The van der Waals surface area contributed by atoms with Crippen LogP contribution in [0.2, 0.25) is 0 Å². The van der Waals surface area contributed by atoms with Gasteiger partial charge in [0.05, 0.1) is 0 Å². The molecule has 1 heterocycles. The molecule has 0 saturated carbocycles. The standard InChI is InChI=1S/C17H17N3S/c1-2-20-16(15-11-7-4-8-12-15)18-19-17(20)21-13-14-9-5-3-6-10-14/h3-12H,2,13H2,1H3. The van der Waals surface area contributed by atoms with Gasteiger partial charge in [0.15, 0.2) is 11.0 Å². The highest BCUT2D eigenvalue weighted by atomic mass is 32.2. The Bertz CT molecular complexity index is 693. The molecule has 0 atom stereocenters. The lowest BCUT2D eigenvalue weighted by molar-refractivity contribution is 0.687. The second-order valence-corrected chi connectivity index (χ2v) is 5.63. The Morgan fingerprint density at radius 1 is 0.905 bits per heavy atom. The molecule has 0 fully saturated rings.